The fraction of sp³-hybridized carbons (Fsp3) is 0.294. The molecule has 25 heavy (non-hydrogen) atoms. The van der Waals surface area contributed by atoms with Crippen LogP contribution in [0.5, 0.6) is 0 Å². The Hall–Kier alpha value is -2.67. The summed E-state index contributed by atoms with van der Waals surface area (Å²) in [5.41, 5.74) is 1.92. The number of nitrogens with zero attached hydrogens (tertiary/aromatic N) is 4. The van der Waals surface area contributed by atoms with Crippen LogP contribution in [0.1, 0.15) is 19.8 Å². The Kier molecular flexibility index (Phi) is 4.85. The Morgan fingerprint density at radius 2 is 2.24 bits per heavy atom. The van der Waals surface area contributed by atoms with E-state index in [2.05, 4.69) is 15.4 Å². The average Bonchev–Trinajstić information content (AvgIpc) is 3.20. The van der Waals surface area contributed by atoms with E-state index in [4.69, 9.17) is 11.6 Å². The van der Waals surface area contributed by atoms with E-state index in [1.165, 1.54) is 11.8 Å². The largest absolute Gasteiger partial charge is 0.353 e. The monoisotopic (exact) mass is 359 g/mol. The summed E-state index contributed by atoms with van der Waals surface area (Å²) in [6.45, 7) is 1.47. The third-order valence-electron chi connectivity index (χ3n) is 4.03. The van der Waals surface area contributed by atoms with Crippen LogP contribution in [0.15, 0.2) is 42.4 Å². The Morgan fingerprint density at radius 1 is 1.44 bits per heavy atom. The molecule has 1 aliphatic carbocycles. The van der Waals surface area contributed by atoms with Crippen molar-refractivity contribution in [2.24, 2.45) is 0 Å². The first-order valence-electron chi connectivity index (χ1n) is 7.85. The number of anilines is 1. The number of likely N-dealkylation sites (N-methyl/N-ethyl adjacent to an activating group) is 1. The van der Waals surface area contributed by atoms with Crippen molar-refractivity contribution in [1.82, 2.24) is 20.1 Å². The lowest BCUT2D eigenvalue weighted by Gasteiger charge is -2.17. The van der Waals surface area contributed by atoms with Crippen molar-refractivity contribution < 1.29 is 9.59 Å². The Bertz CT molecular complexity index is 831. The zero-order valence-electron chi connectivity index (χ0n) is 13.9. The summed E-state index contributed by atoms with van der Waals surface area (Å²) in [6.07, 6.45) is 8.04. The first-order valence-corrected chi connectivity index (χ1v) is 8.23. The molecule has 2 aromatic heterocycles. The van der Waals surface area contributed by atoms with Crippen molar-refractivity contribution in [1.29, 1.82) is 0 Å². The van der Waals surface area contributed by atoms with Crippen molar-refractivity contribution in [2.45, 2.75) is 25.8 Å². The highest BCUT2D eigenvalue weighted by Crippen LogP contribution is 2.28. The Morgan fingerprint density at radius 3 is 2.92 bits per heavy atom. The molecule has 0 saturated carbocycles. The topological polar surface area (TPSA) is 80.1 Å². The van der Waals surface area contributed by atoms with Crippen molar-refractivity contribution in [3.63, 3.8) is 0 Å². The van der Waals surface area contributed by atoms with Gasteiger partial charge in [-0.3, -0.25) is 14.6 Å². The molecule has 1 atom stereocenters. The van der Waals surface area contributed by atoms with Crippen molar-refractivity contribution in [3.8, 4) is 5.69 Å². The van der Waals surface area contributed by atoms with Gasteiger partial charge in [0.1, 0.15) is 5.69 Å². The van der Waals surface area contributed by atoms with Gasteiger partial charge in [0.25, 0.3) is 5.91 Å². The summed E-state index contributed by atoms with van der Waals surface area (Å²) >= 11 is 6.22. The number of pyridine rings is 1. The highest BCUT2D eigenvalue weighted by atomic mass is 35.5. The molecule has 1 N–H and O–H groups in total. The van der Waals surface area contributed by atoms with E-state index >= 15 is 0 Å². The summed E-state index contributed by atoms with van der Waals surface area (Å²) < 4.78 is 1.58. The number of hydrogen-bond donors (Lipinski definition) is 1. The van der Waals surface area contributed by atoms with Gasteiger partial charge in [0.05, 0.1) is 18.1 Å². The number of halogens is 1. The number of aromatic nitrogens is 3. The van der Waals surface area contributed by atoms with Crippen LogP contribution >= 0.6 is 11.6 Å². The van der Waals surface area contributed by atoms with Crippen LogP contribution in [-0.2, 0) is 9.59 Å². The maximum absolute atomic E-state index is 12.7. The van der Waals surface area contributed by atoms with Crippen LogP contribution in [0.2, 0.25) is 5.15 Å². The van der Waals surface area contributed by atoms with E-state index in [1.807, 2.05) is 12.1 Å². The molecule has 0 spiro atoms. The zero-order chi connectivity index (χ0) is 18.0. The third-order valence-corrected chi connectivity index (χ3v) is 4.29. The minimum Gasteiger partial charge on any atom is -0.353 e. The molecule has 2 aromatic rings. The number of carbonyl (C=O) groups excluding carboxylic acids is 2. The fourth-order valence-corrected chi connectivity index (χ4v) is 3.06. The highest BCUT2D eigenvalue weighted by molar-refractivity contribution is 6.32. The molecule has 2 heterocycles. The first-order chi connectivity index (χ1) is 12.0. The lowest BCUT2D eigenvalue weighted by Crippen LogP contribution is -2.33. The minimum absolute atomic E-state index is 0.0292. The van der Waals surface area contributed by atoms with Gasteiger partial charge in [-0.1, -0.05) is 17.7 Å². The zero-order valence-corrected chi connectivity index (χ0v) is 14.7. The van der Waals surface area contributed by atoms with E-state index in [1.54, 1.807) is 36.4 Å². The van der Waals surface area contributed by atoms with Crippen molar-refractivity contribution >= 4 is 29.1 Å². The van der Waals surface area contributed by atoms with Crippen LogP contribution in [0.3, 0.4) is 0 Å². The molecule has 0 aliphatic heterocycles. The molecule has 130 valence electrons. The minimum atomic E-state index is -0.152. The number of carbonyl (C=O) groups is 2. The lowest BCUT2D eigenvalue weighted by atomic mass is 10.1. The second kappa shape index (κ2) is 7.06. The van der Waals surface area contributed by atoms with Crippen LogP contribution < -0.4 is 10.2 Å². The molecular weight excluding hydrogens is 342 g/mol. The molecule has 7 nitrogen and oxygen atoms in total. The molecule has 1 aliphatic rings. The molecule has 0 saturated heterocycles. The summed E-state index contributed by atoms with van der Waals surface area (Å²) in [5.74, 6) is -0.248. The highest BCUT2D eigenvalue weighted by Gasteiger charge is 2.26. The fourth-order valence-electron chi connectivity index (χ4n) is 2.80. The van der Waals surface area contributed by atoms with Gasteiger partial charge in [0.2, 0.25) is 5.91 Å². The maximum atomic E-state index is 12.7. The lowest BCUT2D eigenvalue weighted by molar-refractivity contribution is -0.120. The van der Waals surface area contributed by atoms with Gasteiger partial charge >= 0.3 is 0 Å². The smallest absolute Gasteiger partial charge is 0.253 e. The predicted octanol–water partition coefficient (Wildman–Crippen LogP) is 2.11. The van der Waals surface area contributed by atoms with Gasteiger partial charge in [-0.25, -0.2) is 4.68 Å². The van der Waals surface area contributed by atoms with E-state index in [9.17, 15) is 9.59 Å². The molecule has 0 bridgehead atoms. The summed E-state index contributed by atoms with van der Waals surface area (Å²) in [6, 6.07) is 3.61. The van der Waals surface area contributed by atoms with Crippen LogP contribution in [0.25, 0.3) is 5.69 Å². The molecule has 2 amide bonds. The standard InChI is InChI=1S/C17H18ClN5O2/c1-11(24)20-13-6-5-12(8-13)17(25)22(2)15-10-23(21-16(15)18)14-4-3-7-19-9-14/h3-5,7,9-10,13H,6,8H2,1-2H3,(H,20,24)/t13-/m1/s1. The average molecular weight is 360 g/mol. The summed E-state index contributed by atoms with van der Waals surface area (Å²) in [5, 5.41) is 7.30. The van der Waals surface area contributed by atoms with E-state index in [-0.39, 0.29) is 23.0 Å². The van der Waals surface area contributed by atoms with Crippen LogP contribution in [0.4, 0.5) is 5.69 Å². The normalized spacial score (nSPS) is 16.4. The second-order valence-corrected chi connectivity index (χ2v) is 6.25. The Balaban J connectivity index is 1.75. The Labute approximate surface area is 150 Å². The van der Waals surface area contributed by atoms with Gasteiger partial charge in [-0.05, 0) is 25.0 Å². The molecule has 3 rings (SSSR count). The SMILES string of the molecule is CC(=O)N[C@@H]1CC=C(C(=O)N(C)c2cn(-c3cccnc3)nc2Cl)C1. The van der Waals surface area contributed by atoms with Crippen molar-refractivity contribution in [3.05, 3.63) is 47.5 Å². The molecular formula is C17H18ClN5O2. The number of rotatable bonds is 4. The molecule has 0 aromatic carbocycles. The number of nitrogens with one attached hydrogen (secondary N) is 1. The number of amides is 2. The molecule has 0 fully saturated rings. The van der Waals surface area contributed by atoms with Gasteiger partial charge in [0.15, 0.2) is 5.15 Å². The maximum Gasteiger partial charge on any atom is 0.253 e. The van der Waals surface area contributed by atoms with Gasteiger partial charge < -0.3 is 10.2 Å². The van der Waals surface area contributed by atoms with Crippen molar-refractivity contribution in [2.75, 3.05) is 11.9 Å². The van der Waals surface area contributed by atoms with Gasteiger partial charge in [-0.2, -0.15) is 5.10 Å². The summed E-state index contributed by atoms with van der Waals surface area (Å²) in [7, 11) is 1.66. The summed E-state index contributed by atoms with van der Waals surface area (Å²) in [4.78, 5) is 29.4. The third kappa shape index (κ3) is 3.71. The van der Waals surface area contributed by atoms with E-state index in [0.717, 1.165) is 5.69 Å². The van der Waals surface area contributed by atoms with Crippen LogP contribution in [-0.4, -0.2) is 39.7 Å². The van der Waals surface area contributed by atoms with E-state index < -0.39 is 0 Å². The first kappa shape index (κ1) is 17.2. The van der Waals surface area contributed by atoms with E-state index in [0.29, 0.717) is 24.1 Å². The predicted molar refractivity (Wildman–Crippen MR) is 94.7 cm³/mol. The van der Waals surface area contributed by atoms with Crippen LogP contribution in [0, 0.1) is 0 Å². The molecule has 0 unspecified atom stereocenters. The van der Waals surface area contributed by atoms with Gasteiger partial charge in [-0.15, -0.1) is 0 Å². The molecule has 8 heteroatoms. The second-order valence-electron chi connectivity index (χ2n) is 5.89. The number of hydrogen-bond acceptors (Lipinski definition) is 4. The quantitative estimate of drug-likeness (QED) is 0.906. The van der Waals surface area contributed by atoms with Gasteiger partial charge in [0, 0.05) is 31.8 Å². The molecule has 0 radical (unpaired) electrons.